The highest BCUT2D eigenvalue weighted by Gasteiger charge is 2.02. The monoisotopic (exact) mass is 293 g/mol. The summed E-state index contributed by atoms with van der Waals surface area (Å²) in [5.41, 5.74) is 1.48. The van der Waals surface area contributed by atoms with Crippen molar-refractivity contribution in [3.63, 3.8) is 0 Å². The van der Waals surface area contributed by atoms with Gasteiger partial charge in [0, 0.05) is 21.2 Å². The molecule has 5 heteroatoms. The Labute approximate surface area is 106 Å². The van der Waals surface area contributed by atoms with Gasteiger partial charge in [-0.25, -0.2) is 4.98 Å². The van der Waals surface area contributed by atoms with Crippen LogP contribution in [0.5, 0.6) is 0 Å². The highest BCUT2D eigenvalue weighted by Crippen LogP contribution is 2.25. The lowest BCUT2D eigenvalue weighted by molar-refractivity contribution is 1.36. The standard InChI is InChI=1S/C11H8BrN3S/c1-7-6-14-11(16-7)15-10-3-8(5-13)2-9(12)4-10/h2-4,6H,1H3,(H,14,15). The van der Waals surface area contributed by atoms with Crippen molar-refractivity contribution in [1.29, 1.82) is 5.26 Å². The first kappa shape index (κ1) is 11.1. The Hall–Kier alpha value is -1.38. The van der Waals surface area contributed by atoms with Crippen LogP contribution in [0.2, 0.25) is 0 Å². The van der Waals surface area contributed by atoms with E-state index >= 15 is 0 Å². The Balaban J connectivity index is 2.28. The minimum Gasteiger partial charge on any atom is -0.331 e. The van der Waals surface area contributed by atoms with E-state index in [2.05, 4.69) is 32.3 Å². The maximum atomic E-state index is 8.85. The second-order valence-electron chi connectivity index (χ2n) is 3.24. The van der Waals surface area contributed by atoms with E-state index in [1.54, 1.807) is 23.5 Å². The SMILES string of the molecule is Cc1cnc(Nc2cc(Br)cc(C#N)c2)s1. The first-order valence-electron chi connectivity index (χ1n) is 4.57. The molecule has 2 aromatic rings. The Morgan fingerprint density at radius 3 is 2.88 bits per heavy atom. The molecule has 0 radical (unpaired) electrons. The van der Waals surface area contributed by atoms with Gasteiger partial charge in [-0.2, -0.15) is 5.26 Å². The van der Waals surface area contributed by atoms with Gasteiger partial charge in [0.15, 0.2) is 5.13 Å². The summed E-state index contributed by atoms with van der Waals surface area (Å²) in [6, 6.07) is 7.60. The number of nitriles is 1. The molecule has 0 spiro atoms. The summed E-state index contributed by atoms with van der Waals surface area (Å²) in [5, 5.41) is 12.8. The number of thiazole rings is 1. The van der Waals surface area contributed by atoms with Crippen LogP contribution in [0, 0.1) is 18.3 Å². The van der Waals surface area contributed by atoms with Crippen LogP contribution >= 0.6 is 27.3 Å². The number of aryl methyl sites for hydroxylation is 1. The summed E-state index contributed by atoms with van der Waals surface area (Å²) in [7, 11) is 0. The lowest BCUT2D eigenvalue weighted by atomic mass is 10.2. The van der Waals surface area contributed by atoms with Gasteiger partial charge < -0.3 is 5.32 Å². The van der Waals surface area contributed by atoms with Gasteiger partial charge in [0.2, 0.25) is 0 Å². The summed E-state index contributed by atoms with van der Waals surface area (Å²) < 4.78 is 0.877. The molecule has 1 aromatic heterocycles. The number of aromatic nitrogens is 1. The fourth-order valence-electron chi connectivity index (χ4n) is 1.26. The van der Waals surface area contributed by atoms with Crippen molar-refractivity contribution >= 4 is 38.1 Å². The largest absolute Gasteiger partial charge is 0.331 e. The normalized spacial score (nSPS) is 9.81. The van der Waals surface area contributed by atoms with Gasteiger partial charge in [0.25, 0.3) is 0 Å². The first-order chi connectivity index (χ1) is 7.67. The number of nitrogens with zero attached hydrogens (tertiary/aromatic N) is 2. The van der Waals surface area contributed by atoms with Gasteiger partial charge >= 0.3 is 0 Å². The minimum atomic E-state index is 0.616. The molecule has 1 aromatic carbocycles. The van der Waals surface area contributed by atoms with Crippen molar-refractivity contribution in [3.8, 4) is 6.07 Å². The lowest BCUT2D eigenvalue weighted by Crippen LogP contribution is -1.90. The predicted molar refractivity (Wildman–Crippen MR) is 69.0 cm³/mol. The van der Waals surface area contributed by atoms with Crippen LogP contribution in [0.15, 0.2) is 28.9 Å². The molecule has 0 saturated heterocycles. The molecule has 0 saturated carbocycles. The molecule has 1 N–H and O–H groups in total. The molecule has 0 atom stereocenters. The molecule has 1 heterocycles. The van der Waals surface area contributed by atoms with E-state index in [9.17, 15) is 0 Å². The second kappa shape index (κ2) is 4.64. The van der Waals surface area contributed by atoms with Gasteiger partial charge in [-0.15, -0.1) is 11.3 Å². The number of halogens is 1. The molecule has 0 aliphatic heterocycles. The molecule has 0 unspecified atom stereocenters. The van der Waals surface area contributed by atoms with Gasteiger partial charge in [-0.3, -0.25) is 0 Å². The van der Waals surface area contributed by atoms with Crippen LogP contribution < -0.4 is 5.32 Å². The highest BCUT2D eigenvalue weighted by atomic mass is 79.9. The predicted octanol–water partition coefficient (Wildman–Crippen LogP) is 3.83. The fraction of sp³-hybridized carbons (Fsp3) is 0.0909. The summed E-state index contributed by atoms with van der Waals surface area (Å²) >= 11 is 4.95. The molecule has 0 bridgehead atoms. The third kappa shape index (κ3) is 2.60. The fourth-order valence-corrected chi connectivity index (χ4v) is 2.44. The molecule has 0 aliphatic carbocycles. The molecular formula is C11H8BrN3S. The van der Waals surface area contributed by atoms with E-state index in [1.165, 1.54) is 0 Å². The van der Waals surface area contributed by atoms with Crippen LogP contribution in [-0.4, -0.2) is 4.98 Å². The van der Waals surface area contributed by atoms with Crippen molar-refractivity contribution in [2.45, 2.75) is 6.92 Å². The van der Waals surface area contributed by atoms with Gasteiger partial charge in [0.1, 0.15) is 0 Å². The lowest BCUT2D eigenvalue weighted by Gasteiger charge is -2.03. The van der Waals surface area contributed by atoms with Gasteiger partial charge in [0.05, 0.1) is 11.6 Å². The maximum Gasteiger partial charge on any atom is 0.187 e. The van der Waals surface area contributed by atoms with E-state index < -0.39 is 0 Å². The van der Waals surface area contributed by atoms with Crippen molar-refractivity contribution in [2.75, 3.05) is 5.32 Å². The highest BCUT2D eigenvalue weighted by molar-refractivity contribution is 9.10. The summed E-state index contributed by atoms with van der Waals surface area (Å²) in [6.45, 7) is 2.00. The van der Waals surface area contributed by atoms with E-state index in [-0.39, 0.29) is 0 Å². The molecule has 0 aliphatic rings. The second-order valence-corrected chi connectivity index (χ2v) is 5.39. The van der Waals surface area contributed by atoms with Crippen LogP contribution in [0.3, 0.4) is 0 Å². The Kier molecular flexibility index (Phi) is 3.22. The van der Waals surface area contributed by atoms with Crippen molar-refractivity contribution in [3.05, 3.63) is 39.3 Å². The first-order valence-corrected chi connectivity index (χ1v) is 6.18. The van der Waals surface area contributed by atoms with Crippen LogP contribution in [0.4, 0.5) is 10.8 Å². The molecule has 0 amide bonds. The van der Waals surface area contributed by atoms with Crippen molar-refractivity contribution in [2.24, 2.45) is 0 Å². The smallest absolute Gasteiger partial charge is 0.187 e. The zero-order chi connectivity index (χ0) is 11.5. The molecule has 3 nitrogen and oxygen atoms in total. The minimum absolute atomic E-state index is 0.616. The van der Waals surface area contributed by atoms with Crippen LogP contribution in [0.1, 0.15) is 10.4 Å². The van der Waals surface area contributed by atoms with Crippen molar-refractivity contribution in [1.82, 2.24) is 4.98 Å². The molecule has 0 fully saturated rings. The average Bonchev–Trinajstić information content (AvgIpc) is 2.63. The molecular weight excluding hydrogens is 286 g/mol. The number of nitrogens with one attached hydrogen (secondary N) is 1. The summed E-state index contributed by atoms with van der Waals surface area (Å²) in [5.74, 6) is 0. The average molecular weight is 294 g/mol. The van der Waals surface area contributed by atoms with E-state index in [0.29, 0.717) is 5.56 Å². The third-order valence-corrected chi connectivity index (χ3v) is 3.19. The van der Waals surface area contributed by atoms with E-state index in [0.717, 1.165) is 20.2 Å². The van der Waals surface area contributed by atoms with Crippen molar-refractivity contribution < 1.29 is 0 Å². The quantitative estimate of drug-likeness (QED) is 0.915. The van der Waals surface area contributed by atoms with Gasteiger partial charge in [-0.05, 0) is 25.1 Å². The maximum absolute atomic E-state index is 8.85. The van der Waals surface area contributed by atoms with Crippen LogP contribution in [0.25, 0.3) is 0 Å². The Bertz CT molecular complexity index is 557. The number of anilines is 2. The van der Waals surface area contributed by atoms with E-state index in [4.69, 9.17) is 5.26 Å². The Morgan fingerprint density at radius 2 is 2.25 bits per heavy atom. The number of hydrogen-bond acceptors (Lipinski definition) is 4. The zero-order valence-electron chi connectivity index (χ0n) is 8.49. The number of rotatable bonds is 2. The van der Waals surface area contributed by atoms with Gasteiger partial charge in [-0.1, -0.05) is 15.9 Å². The number of hydrogen-bond donors (Lipinski definition) is 1. The molecule has 2 rings (SSSR count). The zero-order valence-corrected chi connectivity index (χ0v) is 10.9. The summed E-state index contributed by atoms with van der Waals surface area (Å²) in [4.78, 5) is 5.36. The van der Waals surface area contributed by atoms with Crippen LogP contribution in [-0.2, 0) is 0 Å². The van der Waals surface area contributed by atoms with E-state index in [1.807, 2.05) is 19.2 Å². The Morgan fingerprint density at radius 1 is 1.44 bits per heavy atom. The molecule has 16 heavy (non-hydrogen) atoms. The number of benzene rings is 1. The third-order valence-electron chi connectivity index (χ3n) is 1.90. The summed E-state index contributed by atoms with van der Waals surface area (Å²) in [6.07, 6.45) is 1.82. The molecule has 80 valence electrons. The topological polar surface area (TPSA) is 48.7 Å².